The molecule has 0 unspecified atom stereocenters. The van der Waals surface area contributed by atoms with E-state index in [0.29, 0.717) is 29.9 Å². The number of nitrogens with one attached hydrogen (secondary N) is 1. The molecule has 0 aliphatic heterocycles. The summed E-state index contributed by atoms with van der Waals surface area (Å²) in [6.07, 6.45) is 0.919. The number of halogens is 1. The predicted octanol–water partition coefficient (Wildman–Crippen LogP) is 5.79. The highest BCUT2D eigenvalue weighted by Crippen LogP contribution is 2.21. The second-order valence-electron chi connectivity index (χ2n) is 7.51. The Morgan fingerprint density at radius 1 is 1.00 bits per heavy atom. The van der Waals surface area contributed by atoms with Crippen LogP contribution in [-0.2, 0) is 6.54 Å². The van der Waals surface area contributed by atoms with E-state index >= 15 is 0 Å². The maximum atomic E-state index is 13.4. The zero-order chi connectivity index (χ0) is 22.5. The lowest BCUT2D eigenvalue weighted by Gasteiger charge is -2.20. The molecule has 0 saturated heterocycles. The van der Waals surface area contributed by atoms with Gasteiger partial charge < -0.3 is 10.1 Å². The molecule has 0 aliphatic carbocycles. The number of ether oxygens (including phenoxy) is 1. The fourth-order valence-electron chi connectivity index (χ4n) is 3.83. The van der Waals surface area contributed by atoms with Crippen molar-refractivity contribution in [3.8, 4) is 11.4 Å². The molecule has 32 heavy (non-hydrogen) atoms. The Kier molecular flexibility index (Phi) is 7.02. The molecule has 0 amide bonds. The van der Waals surface area contributed by atoms with Crippen LogP contribution in [0.15, 0.2) is 82.1 Å². The van der Waals surface area contributed by atoms with Gasteiger partial charge in [0.05, 0.1) is 29.7 Å². The second-order valence-corrected chi connectivity index (χ2v) is 8.42. The van der Waals surface area contributed by atoms with Crippen LogP contribution < -0.4 is 15.6 Å². The molecule has 1 aromatic heterocycles. The molecule has 1 N–H and O–H groups in total. The molecule has 5 nitrogen and oxygen atoms in total. The van der Waals surface area contributed by atoms with E-state index in [4.69, 9.17) is 9.72 Å². The van der Waals surface area contributed by atoms with Crippen molar-refractivity contribution in [2.75, 3.05) is 6.61 Å². The first-order chi connectivity index (χ1) is 15.6. The van der Waals surface area contributed by atoms with Crippen molar-refractivity contribution in [1.29, 1.82) is 0 Å². The summed E-state index contributed by atoms with van der Waals surface area (Å²) in [7, 11) is 0. The Morgan fingerprint density at radius 3 is 2.41 bits per heavy atom. The first kappa shape index (κ1) is 22.2. The van der Waals surface area contributed by atoms with Crippen LogP contribution in [0.5, 0.6) is 5.75 Å². The van der Waals surface area contributed by atoms with Gasteiger partial charge in [-0.15, -0.1) is 0 Å². The largest absolute Gasteiger partial charge is 0.494 e. The first-order valence-corrected chi connectivity index (χ1v) is 11.6. The van der Waals surface area contributed by atoms with E-state index in [1.165, 1.54) is 5.56 Å². The molecule has 0 spiro atoms. The van der Waals surface area contributed by atoms with Crippen LogP contribution in [-0.4, -0.2) is 16.2 Å². The number of aromatic nitrogens is 2. The van der Waals surface area contributed by atoms with E-state index in [1.54, 1.807) is 4.57 Å². The fourth-order valence-corrected chi connectivity index (χ4v) is 4.09. The molecule has 0 fully saturated rings. The summed E-state index contributed by atoms with van der Waals surface area (Å²) >= 11 is 3.50. The third-order valence-corrected chi connectivity index (χ3v) is 5.97. The molecule has 1 heterocycles. The third kappa shape index (κ3) is 4.76. The minimum Gasteiger partial charge on any atom is -0.494 e. The third-order valence-electron chi connectivity index (χ3n) is 5.44. The lowest BCUT2D eigenvalue weighted by molar-refractivity contribution is 0.340. The molecule has 3 aromatic carbocycles. The van der Waals surface area contributed by atoms with Crippen LogP contribution >= 0.6 is 15.9 Å². The van der Waals surface area contributed by atoms with Gasteiger partial charge in [0.2, 0.25) is 0 Å². The molecule has 1 atom stereocenters. The van der Waals surface area contributed by atoms with Gasteiger partial charge in [-0.05, 0) is 67.4 Å². The van der Waals surface area contributed by atoms with Crippen LogP contribution in [0.1, 0.15) is 37.7 Å². The lowest BCUT2D eigenvalue weighted by atomic mass is 10.0. The normalized spacial score (nSPS) is 12.1. The van der Waals surface area contributed by atoms with E-state index in [9.17, 15) is 4.79 Å². The maximum Gasteiger partial charge on any atom is 0.266 e. The summed E-state index contributed by atoms with van der Waals surface area (Å²) in [6, 6.07) is 23.5. The Labute approximate surface area is 196 Å². The van der Waals surface area contributed by atoms with E-state index < -0.39 is 0 Å². The Hall–Kier alpha value is -2.96. The minimum atomic E-state index is -0.0757. The van der Waals surface area contributed by atoms with E-state index in [2.05, 4.69) is 40.3 Å². The molecular weight excluding hydrogens is 466 g/mol. The number of para-hydroxylation sites is 1. The first-order valence-electron chi connectivity index (χ1n) is 10.8. The van der Waals surface area contributed by atoms with Crippen molar-refractivity contribution in [3.63, 3.8) is 0 Å². The van der Waals surface area contributed by atoms with E-state index in [-0.39, 0.29) is 11.6 Å². The number of fused-ring (bicyclic) bond motifs is 1. The molecular formula is C26H26BrN3O2. The van der Waals surface area contributed by atoms with Crippen molar-refractivity contribution in [2.24, 2.45) is 0 Å². The summed E-state index contributed by atoms with van der Waals surface area (Å²) in [5.74, 6) is 1.45. The summed E-state index contributed by atoms with van der Waals surface area (Å²) in [6.45, 7) is 5.15. The predicted molar refractivity (Wildman–Crippen MR) is 133 cm³/mol. The summed E-state index contributed by atoms with van der Waals surface area (Å²) in [5.41, 5.74) is 2.60. The van der Waals surface area contributed by atoms with Gasteiger partial charge in [0.25, 0.3) is 5.56 Å². The maximum absolute atomic E-state index is 13.4. The standard InChI is InChI=1S/C26H26BrN3O2/c1-3-23(18-9-11-19(27)12-10-18)28-17-25-29-24-8-6-5-7-22(24)26(31)30(25)20-13-15-21(16-14-20)32-4-2/h5-16,23,28H,3-4,17H2,1-2H3/t23-/m0/s1. The van der Waals surface area contributed by atoms with Crippen LogP contribution in [0, 0.1) is 0 Å². The smallest absolute Gasteiger partial charge is 0.266 e. The topological polar surface area (TPSA) is 56.1 Å². The highest BCUT2D eigenvalue weighted by molar-refractivity contribution is 9.10. The van der Waals surface area contributed by atoms with Crippen LogP contribution in [0.4, 0.5) is 0 Å². The van der Waals surface area contributed by atoms with Crippen molar-refractivity contribution < 1.29 is 4.74 Å². The zero-order valence-electron chi connectivity index (χ0n) is 18.2. The van der Waals surface area contributed by atoms with Crippen LogP contribution in [0.3, 0.4) is 0 Å². The van der Waals surface area contributed by atoms with Gasteiger partial charge in [0, 0.05) is 10.5 Å². The summed E-state index contributed by atoms with van der Waals surface area (Å²) in [5, 5.41) is 4.19. The second kappa shape index (κ2) is 10.1. The Morgan fingerprint density at radius 2 is 1.72 bits per heavy atom. The molecule has 164 valence electrons. The van der Waals surface area contributed by atoms with Crippen LogP contribution in [0.2, 0.25) is 0 Å². The van der Waals surface area contributed by atoms with Gasteiger partial charge in [-0.1, -0.05) is 47.1 Å². The Bertz CT molecular complexity index is 1250. The number of hydrogen-bond acceptors (Lipinski definition) is 4. The molecule has 4 aromatic rings. The SMILES string of the molecule is CCOc1ccc(-n2c(CN[C@@H](CC)c3ccc(Br)cc3)nc3ccccc3c2=O)cc1. The van der Waals surface area contributed by atoms with Gasteiger partial charge in [-0.2, -0.15) is 0 Å². The molecule has 6 heteroatoms. The number of rotatable bonds is 8. The van der Waals surface area contributed by atoms with Gasteiger partial charge in [0.15, 0.2) is 0 Å². The number of hydrogen-bond donors (Lipinski definition) is 1. The molecule has 0 bridgehead atoms. The quantitative estimate of drug-likeness (QED) is 0.339. The lowest BCUT2D eigenvalue weighted by Crippen LogP contribution is -2.29. The van der Waals surface area contributed by atoms with Gasteiger partial charge >= 0.3 is 0 Å². The average Bonchev–Trinajstić information content (AvgIpc) is 2.82. The molecule has 0 radical (unpaired) electrons. The molecule has 0 aliphatic rings. The van der Waals surface area contributed by atoms with Crippen molar-refractivity contribution >= 4 is 26.8 Å². The van der Waals surface area contributed by atoms with Gasteiger partial charge in [0.1, 0.15) is 11.6 Å². The monoisotopic (exact) mass is 491 g/mol. The highest BCUT2D eigenvalue weighted by atomic mass is 79.9. The van der Waals surface area contributed by atoms with Gasteiger partial charge in [-0.3, -0.25) is 9.36 Å². The number of benzene rings is 3. The zero-order valence-corrected chi connectivity index (χ0v) is 19.8. The molecule has 4 rings (SSSR count). The minimum absolute atomic E-state index is 0.0757. The average molecular weight is 492 g/mol. The number of nitrogens with zero attached hydrogens (tertiary/aromatic N) is 2. The van der Waals surface area contributed by atoms with Crippen LogP contribution in [0.25, 0.3) is 16.6 Å². The van der Waals surface area contributed by atoms with Crippen molar-refractivity contribution in [3.05, 3.63) is 99.0 Å². The summed E-state index contributed by atoms with van der Waals surface area (Å²) < 4.78 is 8.31. The Balaban J connectivity index is 1.73. The van der Waals surface area contributed by atoms with E-state index in [1.807, 2.05) is 67.6 Å². The fraction of sp³-hybridized carbons (Fsp3) is 0.231. The molecule has 0 saturated carbocycles. The van der Waals surface area contributed by atoms with E-state index in [0.717, 1.165) is 22.3 Å². The summed E-state index contributed by atoms with van der Waals surface area (Å²) in [4.78, 5) is 18.3. The van der Waals surface area contributed by atoms with Crippen molar-refractivity contribution in [1.82, 2.24) is 14.9 Å². The van der Waals surface area contributed by atoms with Crippen molar-refractivity contribution in [2.45, 2.75) is 32.9 Å². The highest BCUT2D eigenvalue weighted by Gasteiger charge is 2.15. The van der Waals surface area contributed by atoms with Gasteiger partial charge in [-0.25, -0.2) is 4.98 Å².